The molecule has 0 spiro atoms. The van der Waals surface area contributed by atoms with Gasteiger partial charge in [-0.2, -0.15) is 0 Å². The Morgan fingerprint density at radius 1 is 1.24 bits per heavy atom. The van der Waals surface area contributed by atoms with Crippen LogP contribution in [-0.4, -0.2) is 15.8 Å². The smallest absolute Gasteiger partial charge is 0.300 e. The monoisotopic (exact) mass is 293 g/mol. The van der Waals surface area contributed by atoms with Crippen molar-refractivity contribution in [1.82, 2.24) is 4.98 Å². The van der Waals surface area contributed by atoms with E-state index in [1.54, 1.807) is 0 Å². The molecule has 2 N–H and O–H groups in total. The molecule has 108 valence electrons. The lowest BCUT2D eigenvalue weighted by atomic mass is 10.1. The number of primary amides is 1. The van der Waals surface area contributed by atoms with Crippen molar-refractivity contribution in [3.05, 3.63) is 69.0 Å². The van der Waals surface area contributed by atoms with Crippen molar-refractivity contribution in [2.45, 2.75) is 6.42 Å². The molecule has 0 saturated carbocycles. The van der Waals surface area contributed by atoms with Crippen LogP contribution in [0.15, 0.2) is 30.5 Å². The Labute approximate surface area is 117 Å². The van der Waals surface area contributed by atoms with Crippen molar-refractivity contribution in [1.29, 1.82) is 0 Å². The molecule has 8 heteroatoms. The van der Waals surface area contributed by atoms with Crippen LogP contribution in [0.1, 0.15) is 21.6 Å². The fourth-order valence-electron chi connectivity index (χ4n) is 1.81. The Kier molecular flexibility index (Phi) is 3.88. The largest absolute Gasteiger partial charge is 0.364 e. The second-order valence-electron chi connectivity index (χ2n) is 4.26. The van der Waals surface area contributed by atoms with Crippen molar-refractivity contribution in [2.75, 3.05) is 0 Å². The van der Waals surface area contributed by atoms with Gasteiger partial charge in [0.05, 0.1) is 4.92 Å². The lowest BCUT2D eigenvalue weighted by Crippen LogP contribution is -2.15. The first-order valence-electron chi connectivity index (χ1n) is 5.75. The predicted molar refractivity (Wildman–Crippen MR) is 68.6 cm³/mol. The summed E-state index contributed by atoms with van der Waals surface area (Å²) in [6, 6.07) is 4.44. The molecule has 0 fully saturated rings. The molecule has 0 aliphatic carbocycles. The minimum Gasteiger partial charge on any atom is -0.364 e. The number of rotatable bonds is 4. The number of carbonyl (C=O) groups is 1. The molecule has 0 unspecified atom stereocenters. The fourth-order valence-corrected chi connectivity index (χ4v) is 1.81. The van der Waals surface area contributed by atoms with Gasteiger partial charge in [-0.3, -0.25) is 14.9 Å². The highest BCUT2D eigenvalue weighted by Gasteiger charge is 2.20. The van der Waals surface area contributed by atoms with Gasteiger partial charge >= 0.3 is 5.69 Å². The van der Waals surface area contributed by atoms with Crippen molar-refractivity contribution >= 4 is 11.6 Å². The maximum absolute atomic E-state index is 13.1. The number of nitro groups is 1. The number of carbonyl (C=O) groups excluding carboxylic acids is 1. The molecular weight excluding hydrogens is 284 g/mol. The van der Waals surface area contributed by atoms with Crippen LogP contribution in [0.3, 0.4) is 0 Å². The molecule has 1 heterocycles. The lowest BCUT2D eigenvalue weighted by Gasteiger charge is -2.04. The van der Waals surface area contributed by atoms with Crippen LogP contribution in [-0.2, 0) is 6.42 Å². The van der Waals surface area contributed by atoms with E-state index in [1.807, 2.05) is 0 Å². The second-order valence-corrected chi connectivity index (χ2v) is 4.26. The van der Waals surface area contributed by atoms with Gasteiger partial charge in [-0.05, 0) is 29.7 Å². The third-order valence-electron chi connectivity index (χ3n) is 2.75. The molecular formula is C13H9F2N3O3. The van der Waals surface area contributed by atoms with Crippen molar-refractivity contribution in [2.24, 2.45) is 5.73 Å². The number of pyridine rings is 1. The van der Waals surface area contributed by atoms with Crippen LogP contribution in [0.5, 0.6) is 0 Å². The minimum atomic E-state index is -1.01. The number of benzene rings is 1. The quantitative estimate of drug-likeness (QED) is 0.688. The summed E-state index contributed by atoms with van der Waals surface area (Å²) >= 11 is 0. The summed E-state index contributed by atoms with van der Waals surface area (Å²) in [5.41, 5.74) is 4.81. The van der Waals surface area contributed by atoms with E-state index in [1.165, 1.54) is 12.3 Å². The molecule has 0 aliphatic heterocycles. The molecule has 0 aliphatic rings. The fraction of sp³-hybridized carbons (Fsp3) is 0.0769. The molecule has 2 aromatic rings. The first-order chi connectivity index (χ1) is 9.88. The lowest BCUT2D eigenvalue weighted by molar-refractivity contribution is -0.385. The summed E-state index contributed by atoms with van der Waals surface area (Å²) in [6.07, 6.45) is 1.33. The highest BCUT2D eigenvalue weighted by atomic mass is 19.2. The van der Waals surface area contributed by atoms with E-state index in [-0.39, 0.29) is 6.42 Å². The Morgan fingerprint density at radius 3 is 2.52 bits per heavy atom. The van der Waals surface area contributed by atoms with Gasteiger partial charge in [-0.15, -0.1) is 0 Å². The zero-order chi connectivity index (χ0) is 15.6. The van der Waals surface area contributed by atoms with Crippen LogP contribution in [0.4, 0.5) is 14.5 Å². The van der Waals surface area contributed by atoms with Crippen LogP contribution >= 0.6 is 0 Å². The molecule has 1 amide bonds. The summed E-state index contributed by atoms with van der Waals surface area (Å²) in [5, 5.41) is 10.9. The molecule has 0 saturated heterocycles. The number of amides is 1. The Morgan fingerprint density at radius 2 is 1.95 bits per heavy atom. The average Bonchev–Trinajstić information content (AvgIpc) is 2.42. The van der Waals surface area contributed by atoms with Crippen LogP contribution in [0.25, 0.3) is 0 Å². The SMILES string of the molecule is NC(=O)c1ncc(Cc2ccc(F)c(F)c2)cc1[N+](=O)[O-]. The average molecular weight is 293 g/mol. The normalized spacial score (nSPS) is 10.4. The Balaban J connectivity index is 2.36. The van der Waals surface area contributed by atoms with Gasteiger partial charge in [-0.1, -0.05) is 6.07 Å². The number of halogens is 2. The summed E-state index contributed by atoms with van der Waals surface area (Å²) in [4.78, 5) is 24.8. The van der Waals surface area contributed by atoms with E-state index in [4.69, 9.17) is 5.73 Å². The molecule has 1 aromatic carbocycles. The molecule has 6 nitrogen and oxygen atoms in total. The van der Waals surface area contributed by atoms with Gasteiger partial charge in [0.15, 0.2) is 11.6 Å². The predicted octanol–water partition coefficient (Wildman–Crippen LogP) is 1.96. The van der Waals surface area contributed by atoms with E-state index in [0.717, 1.165) is 18.2 Å². The Hall–Kier alpha value is -2.90. The number of aromatic nitrogens is 1. The number of nitrogens with zero attached hydrogens (tertiary/aromatic N) is 2. The molecule has 1 aromatic heterocycles. The summed E-state index contributed by atoms with van der Waals surface area (Å²) in [7, 11) is 0. The zero-order valence-electron chi connectivity index (χ0n) is 10.5. The highest BCUT2D eigenvalue weighted by Crippen LogP contribution is 2.20. The summed E-state index contributed by atoms with van der Waals surface area (Å²) in [5.74, 6) is -3.00. The zero-order valence-corrected chi connectivity index (χ0v) is 10.5. The van der Waals surface area contributed by atoms with Gasteiger partial charge in [0.2, 0.25) is 5.69 Å². The van der Waals surface area contributed by atoms with Crippen LogP contribution in [0.2, 0.25) is 0 Å². The van der Waals surface area contributed by atoms with Gasteiger partial charge in [0.1, 0.15) is 0 Å². The number of nitrogens with two attached hydrogens (primary N) is 1. The van der Waals surface area contributed by atoms with Crippen molar-refractivity contribution in [3.63, 3.8) is 0 Å². The first kappa shape index (κ1) is 14.5. The van der Waals surface area contributed by atoms with Crippen LogP contribution < -0.4 is 5.73 Å². The van der Waals surface area contributed by atoms with E-state index in [0.29, 0.717) is 11.1 Å². The maximum atomic E-state index is 13.1. The highest BCUT2D eigenvalue weighted by molar-refractivity contribution is 5.94. The molecule has 0 atom stereocenters. The van der Waals surface area contributed by atoms with Crippen LogP contribution in [0, 0.1) is 21.7 Å². The first-order valence-corrected chi connectivity index (χ1v) is 5.75. The molecule has 0 radical (unpaired) electrons. The maximum Gasteiger partial charge on any atom is 0.300 e. The number of hydrogen-bond donors (Lipinski definition) is 1. The number of hydrogen-bond acceptors (Lipinski definition) is 4. The topological polar surface area (TPSA) is 99.1 Å². The summed E-state index contributed by atoms with van der Waals surface area (Å²) < 4.78 is 25.9. The van der Waals surface area contributed by atoms with Crippen molar-refractivity contribution < 1.29 is 18.5 Å². The van der Waals surface area contributed by atoms with E-state index < -0.39 is 33.8 Å². The molecule has 2 rings (SSSR count). The van der Waals surface area contributed by atoms with E-state index in [9.17, 15) is 23.7 Å². The third-order valence-corrected chi connectivity index (χ3v) is 2.75. The molecule has 21 heavy (non-hydrogen) atoms. The van der Waals surface area contributed by atoms with Gasteiger partial charge < -0.3 is 5.73 Å². The molecule has 0 bridgehead atoms. The van der Waals surface area contributed by atoms with E-state index >= 15 is 0 Å². The van der Waals surface area contributed by atoms with Crippen molar-refractivity contribution in [3.8, 4) is 0 Å². The van der Waals surface area contributed by atoms with Gasteiger partial charge in [0, 0.05) is 12.3 Å². The van der Waals surface area contributed by atoms with E-state index in [2.05, 4.69) is 4.98 Å². The third kappa shape index (κ3) is 3.16. The standard InChI is InChI=1S/C13H9F2N3O3/c14-9-2-1-7(4-10(9)15)3-8-5-11(18(20)21)12(13(16)19)17-6-8/h1-2,4-6H,3H2,(H2,16,19). The Bertz CT molecular complexity index is 735. The summed E-state index contributed by atoms with van der Waals surface area (Å²) in [6.45, 7) is 0. The minimum absolute atomic E-state index is 0.101. The second kappa shape index (κ2) is 5.61. The van der Waals surface area contributed by atoms with Gasteiger partial charge in [-0.25, -0.2) is 13.8 Å². The van der Waals surface area contributed by atoms with Gasteiger partial charge in [0.25, 0.3) is 5.91 Å².